The number of sulfone groups is 1. The number of nitrogens with one attached hydrogen (secondary N) is 1. The molecule has 116 valence electrons. The van der Waals surface area contributed by atoms with Crippen LogP contribution in [0.2, 0.25) is 0 Å². The van der Waals surface area contributed by atoms with Crippen LogP contribution in [0.1, 0.15) is 40.0 Å². The van der Waals surface area contributed by atoms with Gasteiger partial charge in [-0.05, 0) is 25.7 Å². The quantitative estimate of drug-likeness (QED) is 0.783. The summed E-state index contributed by atoms with van der Waals surface area (Å²) in [6.45, 7) is 5.05. The van der Waals surface area contributed by atoms with E-state index in [1.54, 1.807) is 13.8 Å². The third kappa shape index (κ3) is 4.19. The third-order valence-electron chi connectivity index (χ3n) is 4.12. The molecule has 20 heavy (non-hydrogen) atoms. The number of aliphatic carboxylic acids is 1. The molecule has 0 bridgehead atoms. The summed E-state index contributed by atoms with van der Waals surface area (Å²) in [4.78, 5) is 23.3. The van der Waals surface area contributed by atoms with Gasteiger partial charge in [-0.1, -0.05) is 13.8 Å². The molecule has 0 aromatic rings. The normalized spacial score (nSPS) is 24.9. The molecule has 0 aromatic heterocycles. The Morgan fingerprint density at radius 1 is 1.40 bits per heavy atom. The van der Waals surface area contributed by atoms with Crippen molar-refractivity contribution in [3.8, 4) is 0 Å². The van der Waals surface area contributed by atoms with Gasteiger partial charge in [0.15, 0.2) is 9.84 Å². The highest BCUT2D eigenvalue weighted by molar-refractivity contribution is 7.91. The van der Waals surface area contributed by atoms with Crippen LogP contribution in [0.15, 0.2) is 0 Å². The zero-order valence-electron chi connectivity index (χ0n) is 12.2. The fourth-order valence-electron chi connectivity index (χ4n) is 2.28. The molecule has 1 aliphatic heterocycles. The maximum absolute atomic E-state index is 12.0. The van der Waals surface area contributed by atoms with E-state index in [9.17, 15) is 23.1 Å². The van der Waals surface area contributed by atoms with E-state index in [0.29, 0.717) is 12.8 Å². The summed E-state index contributed by atoms with van der Waals surface area (Å²) in [6.07, 6.45) is 1.01. The molecule has 1 aliphatic rings. The lowest BCUT2D eigenvalue weighted by Gasteiger charge is -2.30. The van der Waals surface area contributed by atoms with Crippen LogP contribution >= 0.6 is 0 Å². The first kappa shape index (κ1) is 16.9. The van der Waals surface area contributed by atoms with E-state index >= 15 is 0 Å². The summed E-state index contributed by atoms with van der Waals surface area (Å²) in [7, 11) is -3.08. The average molecular weight is 305 g/mol. The average Bonchev–Trinajstić information content (AvgIpc) is 2.26. The number of rotatable bonds is 5. The number of carboxylic acids is 1. The van der Waals surface area contributed by atoms with Gasteiger partial charge in [-0.15, -0.1) is 0 Å². The Balaban J connectivity index is 2.65. The zero-order valence-corrected chi connectivity index (χ0v) is 13.0. The number of amides is 1. The molecule has 1 heterocycles. The molecule has 6 nitrogen and oxygen atoms in total. The number of hydrogen-bond donors (Lipinski definition) is 2. The second-order valence-corrected chi connectivity index (χ2v) is 8.30. The second-order valence-electron chi connectivity index (χ2n) is 6.08. The van der Waals surface area contributed by atoms with Crippen LogP contribution in [0.3, 0.4) is 0 Å². The van der Waals surface area contributed by atoms with Crippen molar-refractivity contribution < 1.29 is 23.1 Å². The van der Waals surface area contributed by atoms with E-state index in [0.717, 1.165) is 0 Å². The fourth-order valence-corrected chi connectivity index (χ4v) is 3.91. The summed E-state index contributed by atoms with van der Waals surface area (Å²) in [6, 6.07) is -0.397. The molecular formula is C13H23NO5S. The van der Waals surface area contributed by atoms with Crippen molar-refractivity contribution in [2.24, 2.45) is 11.3 Å². The molecule has 0 spiro atoms. The lowest BCUT2D eigenvalue weighted by Crippen LogP contribution is -2.46. The molecule has 1 fully saturated rings. The predicted octanol–water partition coefficient (Wildman–Crippen LogP) is 0.817. The Labute approximate surface area is 119 Å². The molecular weight excluding hydrogens is 282 g/mol. The number of carbonyl (C=O) groups is 2. The van der Waals surface area contributed by atoms with E-state index in [2.05, 4.69) is 5.32 Å². The molecule has 0 radical (unpaired) electrons. The van der Waals surface area contributed by atoms with Gasteiger partial charge >= 0.3 is 5.97 Å². The first-order valence-corrected chi connectivity index (χ1v) is 8.62. The van der Waals surface area contributed by atoms with Gasteiger partial charge in [-0.2, -0.15) is 0 Å². The van der Waals surface area contributed by atoms with Crippen molar-refractivity contribution in [1.29, 1.82) is 0 Å². The highest BCUT2D eigenvalue weighted by atomic mass is 32.2. The van der Waals surface area contributed by atoms with E-state index in [1.807, 2.05) is 0 Å². The molecule has 1 saturated heterocycles. The summed E-state index contributed by atoms with van der Waals surface area (Å²) in [5.41, 5.74) is -1.14. The van der Waals surface area contributed by atoms with E-state index in [4.69, 9.17) is 0 Å². The van der Waals surface area contributed by atoms with Crippen molar-refractivity contribution in [1.82, 2.24) is 5.32 Å². The molecule has 2 atom stereocenters. The Bertz CT molecular complexity index is 485. The Morgan fingerprint density at radius 2 is 2.00 bits per heavy atom. The molecule has 0 aliphatic carbocycles. The molecule has 0 saturated carbocycles. The van der Waals surface area contributed by atoms with Gasteiger partial charge in [-0.25, -0.2) is 8.42 Å². The van der Waals surface area contributed by atoms with Gasteiger partial charge in [0.05, 0.1) is 16.9 Å². The van der Waals surface area contributed by atoms with Gasteiger partial charge in [0.2, 0.25) is 5.91 Å². The molecule has 7 heteroatoms. The van der Waals surface area contributed by atoms with Gasteiger partial charge < -0.3 is 10.4 Å². The van der Waals surface area contributed by atoms with E-state index in [1.165, 1.54) is 6.92 Å². The topological polar surface area (TPSA) is 101 Å². The van der Waals surface area contributed by atoms with Crippen LogP contribution in [0.5, 0.6) is 0 Å². The van der Waals surface area contributed by atoms with Crippen molar-refractivity contribution in [3.63, 3.8) is 0 Å². The van der Waals surface area contributed by atoms with Gasteiger partial charge in [0.25, 0.3) is 0 Å². The monoisotopic (exact) mass is 305 g/mol. The molecule has 1 rings (SSSR count). The van der Waals surface area contributed by atoms with Crippen LogP contribution < -0.4 is 5.32 Å². The van der Waals surface area contributed by atoms with Crippen LogP contribution in [0.25, 0.3) is 0 Å². The van der Waals surface area contributed by atoms with Crippen LogP contribution in [-0.2, 0) is 19.4 Å². The van der Waals surface area contributed by atoms with Crippen LogP contribution in [0, 0.1) is 11.3 Å². The summed E-state index contributed by atoms with van der Waals surface area (Å²) in [5.74, 6) is -1.49. The Kier molecular flexibility index (Phi) is 5.18. The lowest BCUT2D eigenvalue weighted by atomic mass is 9.76. The highest BCUT2D eigenvalue weighted by Crippen LogP contribution is 2.31. The Hall–Kier alpha value is -1.11. The highest BCUT2D eigenvalue weighted by Gasteiger charge is 2.39. The summed E-state index contributed by atoms with van der Waals surface area (Å²) in [5, 5.41) is 11.9. The number of carboxylic acid groups (broad SMARTS) is 1. The van der Waals surface area contributed by atoms with Crippen LogP contribution in [0.4, 0.5) is 0 Å². The van der Waals surface area contributed by atoms with E-state index < -0.39 is 33.2 Å². The number of hydrogen-bond acceptors (Lipinski definition) is 4. The largest absolute Gasteiger partial charge is 0.481 e. The van der Waals surface area contributed by atoms with Crippen molar-refractivity contribution >= 4 is 21.7 Å². The first-order valence-electron chi connectivity index (χ1n) is 6.80. The second kappa shape index (κ2) is 6.11. The lowest BCUT2D eigenvalue weighted by molar-refractivity contribution is -0.153. The zero-order chi connectivity index (χ0) is 15.6. The predicted molar refractivity (Wildman–Crippen MR) is 75.0 cm³/mol. The van der Waals surface area contributed by atoms with Crippen LogP contribution in [-0.4, -0.2) is 42.9 Å². The SMILES string of the molecule is CC(C)C(C)(CC(=O)NC1CCCS(=O)(=O)C1)C(=O)O. The maximum Gasteiger partial charge on any atom is 0.310 e. The minimum Gasteiger partial charge on any atom is -0.481 e. The fraction of sp³-hybridized carbons (Fsp3) is 0.846. The number of carbonyl (C=O) groups excluding carboxylic acids is 1. The van der Waals surface area contributed by atoms with Gasteiger partial charge in [0, 0.05) is 12.5 Å². The smallest absolute Gasteiger partial charge is 0.310 e. The van der Waals surface area contributed by atoms with Gasteiger partial charge in [0.1, 0.15) is 0 Å². The summed E-state index contributed by atoms with van der Waals surface area (Å²) >= 11 is 0. The standard InChI is InChI=1S/C13H23NO5S/c1-9(2)13(3,12(16)17)7-11(15)14-10-5-4-6-20(18,19)8-10/h9-10H,4-8H2,1-3H3,(H,14,15)(H,16,17). The minimum atomic E-state index is -3.08. The van der Waals surface area contributed by atoms with Crippen molar-refractivity contribution in [2.75, 3.05) is 11.5 Å². The molecule has 2 unspecified atom stereocenters. The maximum atomic E-state index is 12.0. The molecule has 1 amide bonds. The molecule has 2 N–H and O–H groups in total. The van der Waals surface area contributed by atoms with Crippen molar-refractivity contribution in [2.45, 2.75) is 46.1 Å². The Morgan fingerprint density at radius 3 is 2.45 bits per heavy atom. The third-order valence-corrected chi connectivity index (χ3v) is 5.94. The van der Waals surface area contributed by atoms with E-state index in [-0.39, 0.29) is 23.8 Å². The first-order chi connectivity index (χ1) is 9.07. The van der Waals surface area contributed by atoms with Gasteiger partial charge in [-0.3, -0.25) is 9.59 Å². The summed E-state index contributed by atoms with van der Waals surface area (Å²) < 4.78 is 23.0. The van der Waals surface area contributed by atoms with Crippen molar-refractivity contribution in [3.05, 3.63) is 0 Å². The molecule has 0 aromatic carbocycles. The minimum absolute atomic E-state index is 0.0514.